The second-order valence-electron chi connectivity index (χ2n) is 11.8. The number of sulfonamides is 1. The first-order chi connectivity index (χ1) is 21.5. The highest BCUT2D eigenvalue weighted by molar-refractivity contribution is 7.89. The smallest absolute Gasteiger partial charge is 0.304 e. The van der Waals surface area contributed by atoms with Crippen molar-refractivity contribution >= 4 is 38.6 Å². The van der Waals surface area contributed by atoms with E-state index >= 15 is 0 Å². The molecule has 3 aromatic carbocycles. The SMILES string of the molecule is CCOc1cc2c(cc1Cl)S(=O)(=O)N(Cc1cc(C(CC(=O)O)c3ccc4c(nnn4C)c3C)cc3c1CCC3)C[C@@H](CC)O2. The molecule has 2 aliphatic rings. The van der Waals surface area contributed by atoms with Crippen molar-refractivity contribution in [1.82, 2.24) is 19.3 Å². The molecule has 10 nitrogen and oxygen atoms in total. The van der Waals surface area contributed by atoms with Crippen molar-refractivity contribution in [2.75, 3.05) is 13.2 Å². The Balaban J connectivity index is 1.44. The molecule has 0 bridgehead atoms. The van der Waals surface area contributed by atoms with Gasteiger partial charge in [-0.1, -0.05) is 41.9 Å². The maximum atomic E-state index is 14.2. The number of aryl methyl sites for hydroxylation is 3. The highest BCUT2D eigenvalue weighted by atomic mass is 35.5. The van der Waals surface area contributed by atoms with Crippen molar-refractivity contribution in [3.8, 4) is 11.5 Å². The van der Waals surface area contributed by atoms with Gasteiger partial charge in [0.2, 0.25) is 10.0 Å². The summed E-state index contributed by atoms with van der Waals surface area (Å²) in [7, 11) is -2.18. The fraction of sp³-hybridized carbons (Fsp3) is 0.424. The molecule has 0 spiro atoms. The number of ether oxygens (including phenoxy) is 2. The van der Waals surface area contributed by atoms with Crippen LogP contribution in [0.2, 0.25) is 5.02 Å². The summed E-state index contributed by atoms with van der Waals surface area (Å²) in [4.78, 5) is 12.2. The molecule has 1 aliphatic carbocycles. The van der Waals surface area contributed by atoms with Crippen LogP contribution in [-0.2, 0) is 41.3 Å². The van der Waals surface area contributed by atoms with E-state index in [4.69, 9.17) is 21.1 Å². The maximum absolute atomic E-state index is 14.2. The molecule has 6 rings (SSSR count). The second kappa shape index (κ2) is 12.3. The molecular formula is C33H37ClN4O6S. The average molecular weight is 653 g/mol. The van der Waals surface area contributed by atoms with Crippen molar-refractivity contribution in [2.24, 2.45) is 7.05 Å². The normalized spacial score (nSPS) is 18.2. The fourth-order valence-electron chi connectivity index (χ4n) is 6.68. The second-order valence-corrected chi connectivity index (χ2v) is 14.1. The summed E-state index contributed by atoms with van der Waals surface area (Å²) in [6.07, 6.45) is 2.74. The van der Waals surface area contributed by atoms with E-state index in [0.29, 0.717) is 18.8 Å². The standard InChI is InChI=1S/C33H37ClN4O6S/c1-5-23-18-38(45(41,42)31-15-27(34)29(43-6-2)16-30(31)44-23)17-22-13-21(12-20-8-7-9-25(20)22)26(14-32(39)40)24-10-11-28-33(19(24)3)35-36-37(28)4/h10-13,15-16,23,26H,5-9,14,17-18H2,1-4H3,(H,39,40)/t23-,26?/m1/s1. The number of hydrogen-bond acceptors (Lipinski definition) is 7. The first-order valence-corrected chi connectivity index (χ1v) is 17.1. The number of hydrogen-bond donors (Lipinski definition) is 1. The molecule has 0 saturated carbocycles. The van der Waals surface area contributed by atoms with Crippen molar-refractivity contribution in [3.63, 3.8) is 0 Å². The molecule has 238 valence electrons. The minimum absolute atomic E-state index is 0.0105. The van der Waals surface area contributed by atoms with Gasteiger partial charge in [-0.05, 0) is 85.0 Å². The molecular weight excluding hydrogens is 616 g/mol. The lowest BCUT2D eigenvalue weighted by molar-refractivity contribution is -0.137. The number of benzene rings is 3. The van der Waals surface area contributed by atoms with Crippen LogP contribution >= 0.6 is 11.6 Å². The number of aliphatic carboxylic acids is 1. The third-order valence-electron chi connectivity index (χ3n) is 8.98. The zero-order valence-corrected chi connectivity index (χ0v) is 27.4. The van der Waals surface area contributed by atoms with Gasteiger partial charge >= 0.3 is 5.97 Å². The van der Waals surface area contributed by atoms with Crippen LogP contribution in [0, 0.1) is 6.92 Å². The molecule has 1 N–H and O–H groups in total. The van der Waals surface area contributed by atoms with Gasteiger partial charge in [0, 0.05) is 25.6 Å². The van der Waals surface area contributed by atoms with Crippen molar-refractivity contribution < 1.29 is 27.8 Å². The van der Waals surface area contributed by atoms with Gasteiger partial charge in [0.15, 0.2) is 0 Å². The summed E-state index contributed by atoms with van der Waals surface area (Å²) in [6.45, 7) is 6.42. The van der Waals surface area contributed by atoms with E-state index < -0.39 is 21.9 Å². The Kier molecular flexibility index (Phi) is 8.53. The number of halogens is 1. The minimum atomic E-state index is -4.01. The number of carbonyl (C=O) groups is 1. The molecule has 12 heteroatoms. The van der Waals surface area contributed by atoms with Crippen LogP contribution in [-0.4, -0.2) is 58.0 Å². The maximum Gasteiger partial charge on any atom is 0.304 e. The van der Waals surface area contributed by atoms with Gasteiger partial charge in [0.1, 0.15) is 28.0 Å². The van der Waals surface area contributed by atoms with Gasteiger partial charge in [-0.3, -0.25) is 4.79 Å². The minimum Gasteiger partial charge on any atom is -0.492 e. The summed E-state index contributed by atoms with van der Waals surface area (Å²) in [5.74, 6) is -0.768. The van der Waals surface area contributed by atoms with E-state index in [0.717, 1.165) is 63.7 Å². The Morgan fingerprint density at radius 1 is 1.20 bits per heavy atom. The highest BCUT2D eigenvalue weighted by Crippen LogP contribution is 2.41. The van der Waals surface area contributed by atoms with Crippen LogP contribution in [0.3, 0.4) is 0 Å². The monoisotopic (exact) mass is 652 g/mol. The largest absolute Gasteiger partial charge is 0.492 e. The third kappa shape index (κ3) is 5.77. The summed E-state index contributed by atoms with van der Waals surface area (Å²) >= 11 is 6.46. The topological polar surface area (TPSA) is 124 Å². The predicted octanol–water partition coefficient (Wildman–Crippen LogP) is 5.79. The van der Waals surface area contributed by atoms with E-state index in [-0.39, 0.29) is 41.3 Å². The number of carboxylic acid groups (broad SMARTS) is 1. The van der Waals surface area contributed by atoms with Gasteiger partial charge in [0.05, 0.1) is 30.1 Å². The number of fused-ring (bicyclic) bond motifs is 3. The molecule has 1 aliphatic heterocycles. The Morgan fingerprint density at radius 2 is 2.00 bits per heavy atom. The average Bonchev–Trinajstić information content (AvgIpc) is 3.61. The lowest BCUT2D eigenvalue weighted by Crippen LogP contribution is -2.36. The van der Waals surface area contributed by atoms with Gasteiger partial charge in [0.25, 0.3) is 0 Å². The van der Waals surface area contributed by atoms with Crippen molar-refractivity contribution in [2.45, 2.75) is 76.3 Å². The van der Waals surface area contributed by atoms with Crippen LogP contribution in [0.4, 0.5) is 0 Å². The zero-order chi connectivity index (χ0) is 32.0. The first kappa shape index (κ1) is 31.3. The van der Waals surface area contributed by atoms with Crippen LogP contribution in [0.15, 0.2) is 41.3 Å². The summed E-state index contributed by atoms with van der Waals surface area (Å²) in [5, 5.41) is 18.7. The number of nitrogens with zero attached hydrogens (tertiary/aromatic N) is 4. The number of aromatic nitrogens is 3. The van der Waals surface area contributed by atoms with Crippen LogP contribution in [0.5, 0.6) is 11.5 Å². The van der Waals surface area contributed by atoms with E-state index in [2.05, 4.69) is 16.4 Å². The Morgan fingerprint density at radius 3 is 2.73 bits per heavy atom. The van der Waals surface area contributed by atoms with Gasteiger partial charge in [-0.15, -0.1) is 5.10 Å². The molecule has 45 heavy (non-hydrogen) atoms. The van der Waals surface area contributed by atoms with Crippen LogP contribution in [0.1, 0.15) is 72.4 Å². The molecule has 2 atom stereocenters. The lowest BCUT2D eigenvalue weighted by atomic mass is 9.83. The highest BCUT2D eigenvalue weighted by Gasteiger charge is 2.36. The Hall–Kier alpha value is -3.67. The molecule has 2 heterocycles. The van der Waals surface area contributed by atoms with E-state index in [9.17, 15) is 18.3 Å². The predicted molar refractivity (Wildman–Crippen MR) is 171 cm³/mol. The molecule has 4 aromatic rings. The van der Waals surface area contributed by atoms with Gasteiger partial charge in [-0.25, -0.2) is 13.1 Å². The van der Waals surface area contributed by atoms with Crippen LogP contribution in [0.25, 0.3) is 11.0 Å². The van der Waals surface area contributed by atoms with Gasteiger partial charge in [-0.2, -0.15) is 4.31 Å². The van der Waals surface area contributed by atoms with Gasteiger partial charge < -0.3 is 14.6 Å². The number of rotatable bonds is 9. The Bertz CT molecular complexity index is 1910. The van der Waals surface area contributed by atoms with Crippen molar-refractivity contribution in [3.05, 3.63) is 74.8 Å². The first-order valence-electron chi connectivity index (χ1n) is 15.3. The molecule has 0 saturated heterocycles. The molecule has 0 radical (unpaired) electrons. The quantitative estimate of drug-likeness (QED) is 0.241. The van der Waals surface area contributed by atoms with E-state index in [1.807, 2.05) is 46.0 Å². The molecule has 1 aromatic heterocycles. The van der Waals surface area contributed by atoms with E-state index in [1.54, 1.807) is 10.7 Å². The molecule has 0 fully saturated rings. The fourth-order valence-corrected chi connectivity index (χ4v) is 8.54. The summed E-state index contributed by atoms with van der Waals surface area (Å²) < 4.78 is 43.5. The molecule has 1 unspecified atom stereocenters. The Labute approximate surface area is 267 Å². The molecule has 0 amide bonds. The van der Waals surface area contributed by atoms with E-state index in [1.165, 1.54) is 10.4 Å². The summed E-state index contributed by atoms with van der Waals surface area (Å²) in [5.41, 5.74) is 7.35. The van der Waals surface area contributed by atoms with Crippen LogP contribution < -0.4 is 9.47 Å². The summed E-state index contributed by atoms with van der Waals surface area (Å²) in [6, 6.07) is 11.0. The number of carboxylic acids is 1. The van der Waals surface area contributed by atoms with Crippen molar-refractivity contribution in [1.29, 1.82) is 0 Å². The lowest BCUT2D eigenvalue weighted by Gasteiger charge is -2.25. The zero-order valence-electron chi connectivity index (χ0n) is 25.8. The third-order valence-corrected chi connectivity index (χ3v) is 11.1.